The Morgan fingerprint density at radius 1 is 1.05 bits per heavy atom. The predicted molar refractivity (Wildman–Crippen MR) is 89.7 cm³/mol. The minimum absolute atomic E-state index is 0.456. The van der Waals surface area contributed by atoms with E-state index in [9.17, 15) is 0 Å². The van der Waals surface area contributed by atoms with Crippen molar-refractivity contribution in [3.63, 3.8) is 0 Å². The van der Waals surface area contributed by atoms with Crippen molar-refractivity contribution in [1.82, 2.24) is 5.32 Å². The van der Waals surface area contributed by atoms with E-state index in [0.29, 0.717) is 12.1 Å². The lowest BCUT2D eigenvalue weighted by Gasteiger charge is -2.24. The molecule has 1 aliphatic rings. The lowest BCUT2D eigenvalue weighted by molar-refractivity contribution is 0.417. The normalized spacial score (nSPS) is 17.4. The average molecular weight is 300 g/mol. The van der Waals surface area contributed by atoms with Gasteiger partial charge < -0.3 is 5.32 Å². The van der Waals surface area contributed by atoms with Crippen LogP contribution in [0, 0.1) is 5.92 Å². The van der Waals surface area contributed by atoms with Crippen LogP contribution in [0.5, 0.6) is 0 Å². The zero-order chi connectivity index (χ0) is 14.7. The van der Waals surface area contributed by atoms with Crippen LogP contribution in [0.2, 0.25) is 5.02 Å². The van der Waals surface area contributed by atoms with Crippen molar-refractivity contribution < 1.29 is 0 Å². The number of benzene rings is 2. The van der Waals surface area contributed by atoms with E-state index in [4.69, 9.17) is 11.6 Å². The van der Waals surface area contributed by atoms with Crippen LogP contribution in [0.25, 0.3) is 0 Å². The molecule has 0 aliphatic heterocycles. The van der Waals surface area contributed by atoms with E-state index in [-0.39, 0.29) is 0 Å². The fraction of sp³-hybridized carbons (Fsp3) is 0.368. The highest BCUT2D eigenvalue weighted by molar-refractivity contribution is 6.30. The second-order valence-electron chi connectivity index (χ2n) is 6.12. The molecule has 0 heterocycles. The molecule has 1 aliphatic carbocycles. The number of halogens is 1. The van der Waals surface area contributed by atoms with Crippen molar-refractivity contribution >= 4 is 11.6 Å². The quantitative estimate of drug-likeness (QED) is 0.790. The van der Waals surface area contributed by atoms with Crippen LogP contribution < -0.4 is 5.32 Å². The van der Waals surface area contributed by atoms with E-state index >= 15 is 0 Å². The van der Waals surface area contributed by atoms with Crippen molar-refractivity contribution in [2.24, 2.45) is 5.92 Å². The van der Waals surface area contributed by atoms with E-state index in [1.54, 1.807) is 0 Å². The van der Waals surface area contributed by atoms with Crippen molar-refractivity contribution in [2.45, 2.75) is 38.3 Å². The van der Waals surface area contributed by atoms with Gasteiger partial charge in [-0.1, -0.05) is 54.1 Å². The molecule has 0 amide bonds. The fourth-order valence-electron chi connectivity index (χ4n) is 2.93. The highest BCUT2D eigenvalue weighted by Crippen LogP contribution is 2.41. The fourth-order valence-corrected chi connectivity index (χ4v) is 3.06. The van der Waals surface area contributed by atoms with E-state index in [1.165, 1.54) is 24.0 Å². The molecule has 0 saturated heterocycles. The van der Waals surface area contributed by atoms with Crippen LogP contribution >= 0.6 is 11.6 Å². The number of rotatable bonds is 6. The third-order valence-corrected chi connectivity index (χ3v) is 4.42. The summed E-state index contributed by atoms with van der Waals surface area (Å²) in [6.07, 6.45) is 3.73. The van der Waals surface area contributed by atoms with Gasteiger partial charge in [0.05, 0.1) is 0 Å². The largest absolute Gasteiger partial charge is 0.307 e. The summed E-state index contributed by atoms with van der Waals surface area (Å²) in [5.41, 5.74) is 2.75. The van der Waals surface area contributed by atoms with Gasteiger partial charge in [-0.25, -0.2) is 0 Å². The lowest BCUT2D eigenvalue weighted by Crippen LogP contribution is -2.33. The third kappa shape index (κ3) is 4.09. The molecule has 0 radical (unpaired) electrons. The van der Waals surface area contributed by atoms with Crippen LogP contribution in [0.4, 0.5) is 0 Å². The zero-order valence-corrected chi connectivity index (χ0v) is 13.2. The Morgan fingerprint density at radius 2 is 1.71 bits per heavy atom. The third-order valence-electron chi connectivity index (χ3n) is 4.17. The maximum Gasteiger partial charge on any atom is 0.0406 e. The van der Waals surface area contributed by atoms with E-state index in [0.717, 1.165) is 17.4 Å². The summed E-state index contributed by atoms with van der Waals surface area (Å²) in [5.74, 6) is 0.806. The minimum atomic E-state index is 0.456. The van der Waals surface area contributed by atoms with Gasteiger partial charge in [0.2, 0.25) is 0 Å². The van der Waals surface area contributed by atoms with Gasteiger partial charge in [0.1, 0.15) is 0 Å². The molecule has 0 spiro atoms. The van der Waals surface area contributed by atoms with Crippen LogP contribution in [0.3, 0.4) is 0 Å². The van der Waals surface area contributed by atoms with Gasteiger partial charge in [0.25, 0.3) is 0 Å². The topological polar surface area (TPSA) is 12.0 Å². The summed E-state index contributed by atoms with van der Waals surface area (Å²) < 4.78 is 0. The van der Waals surface area contributed by atoms with Crippen LogP contribution in [0.15, 0.2) is 54.6 Å². The molecular formula is C19H22ClN. The van der Waals surface area contributed by atoms with Crippen LogP contribution in [-0.4, -0.2) is 6.04 Å². The Morgan fingerprint density at radius 3 is 2.33 bits per heavy atom. The molecule has 1 N–H and O–H groups in total. The molecule has 2 aromatic carbocycles. The second-order valence-corrected chi connectivity index (χ2v) is 6.56. The van der Waals surface area contributed by atoms with E-state index < -0.39 is 0 Å². The van der Waals surface area contributed by atoms with Gasteiger partial charge in [-0.05, 0) is 55.4 Å². The first-order valence-electron chi connectivity index (χ1n) is 7.78. The number of hydrogen-bond donors (Lipinski definition) is 1. The van der Waals surface area contributed by atoms with Crippen LogP contribution in [0.1, 0.15) is 36.9 Å². The Labute approximate surface area is 132 Å². The highest BCUT2D eigenvalue weighted by atomic mass is 35.5. The van der Waals surface area contributed by atoms with Gasteiger partial charge >= 0.3 is 0 Å². The Balaban J connectivity index is 1.64. The Bertz CT molecular complexity index is 560. The Hall–Kier alpha value is -1.31. The smallest absolute Gasteiger partial charge is 0.0406 e. The summed E-state index contributed by atoms with van der Waals surface area (Å²) in [6, 6.07) is 20.0. The number of nitrogens with one attached hydrogen (secondary N) is 1. The first-order valence-corrected chi connectivity index (χ1v) is 8.15. The van der Waals surface area contributed by atoms with Gasteiger partial charge in [-0.2, -0.15) is 0 Å². The van der Waals surface area contributed by atoms with E-state index in [1.807, 2.05) is 12.1 Å². The van der Waals surface area contributed by atoms with Gasteiger partial charge in [-0.3, -0.25) is 0 Å². The maximum atomic E-state index is 5.95. The standard InChI is InChI=1S/C19H22ClN/c1-14(13-15-7-11-18(20)12-8-15)21-19(17-9-10-17)16-5-3-2-4-6-16/h2-8,11-12,14,17,19,21H,9-10,13H2,1H3. The number of hydrogen-bond acceptors (Lipinski definition) is 1. The minimum Gasteiger partial charge on any atom is -0.307 e. The molecule has 0 bridgehead atoms. The monoisotopic (exact) mass is 299 g/mol. The molecule has 0 aromatic heterocycles. The van der Waals surface area contributed by atoms with Crippen molar-refractivity contribution in [3.05, 3.63) is 70.7 Å². The molecule has 21 heavy (non-hydrogen) atoms. The zero-order valence-electron chi connectivity index (χ0n) is 12.4. The van der Waals surface area contributed by atoms with Crippen molar-refractivity contribution in [2.75, 3.05) is 0 Å². The maximum absolute atomic E-state index is 5.95. The Kier molecular flexibility index (Phi) is 4.62. The van der Waals surface area contributed by atoms with Crippen molar-refractivity contribution in [1.29, 1.82) is 0 Å². The molecule has 1 nitrogen and oxygen atoms in total. The van der Waals surface area contributed by atoms with Crippen LogP contribution in [-0.2, 0) is 6.42 Å². The molecule has 2 atom stereocenters. The van der Waals surface area contributed by atoms with Gasteiger partial charge in [0.15, 0.2) is 0 Å². The molecular weight excluding hydrogens is 278 g/mol. The molecule has 2 heteroatoms. The van der Waals surface area contributed by atoms with E-state index in [2.05, 4.69) is 54.7 Å². The SMILES string of the molecule is CC(Cc1ccc(Cl)cc1)NC(c1ccccc1)C1CC1. The van der Waals surface area contributed by atoms with Gasteiger partial charge in [-0.15, -0.1) is 0 Å². The summed E-state index contributed by atoms with van der Waals surface area (Å²) in [7, 11) is 0. The summed E-state index contributed by atoms with van der Waals surface area (Å²) in [5, 5.41) is 4.63. The molecule has 2 aromatic rings. The lowest BCUT2D eigenvalue weighted by atomic mass is 9.99. The summed E-state index contributed by atoms with van der Waals surface area (Å²) in [6.45, 7) is 2.27. The molecule has 2 unspecified atom stereocenters. The predicted octanol–water partition coefficient (Wildman–Crippen LogP) is 5.01. The molecule has 1 saturated carbocycles. The second kappa shape index (κ2) is 6.64. The summed E-state index contributed by atoms with van der Waals surface area (Å²) in [4.78, 5) is 0. The summed E-state index contributed by atoms with van der Waals surface area (Å²) >= 11 is 5.95. The van der Waals surface area contributed by atoms with Gasteiger partial charge in [0, 0.05) is 17.1 Å². The highest BCUT2D eigenvalue weighted by Gasteiger charge is 2.32. The molecule has 1 fully saturated rings. The first-order chi connectivity index (χ1) is 10.2. The molecule has 3 rings (SSSR count). The van der Waals surface area contributed by atoms with Crippen molar-refractivity contribution in [3.8, 4) is 0 Å². The molecule has 110 valence electrons. The first kappa shape index (κ1) is 14.6. The average Bonchev–Trinajstić information content (AvgIpc) is 3.33.